The fraction of sp³-hybridized carbons (Fsp3) is 0.0556. The van der Waals surface area contributed by atoms with Gasteiger partial charge < -0.3 is 14.6 Å². The van der Waals surface area contributed by atoms with Crippen LogP contribution in [0.3, 0.4) is 0 Å². The summed E-state index contributed by atoms with van der Waals surface area (Å²) in [4.78, 5) is 15.8. The maximum Gasteiger partial charge on any atom is 0.213 e. The first-order valence-electron chi connectivity index (χ1n) is 7.48. The van der Waals surface area contributed by atoms with Crippen molar-refractivity contribution in [1.82, 2.24) is 15.2 Å². The van der Waals surface area contributed by atoms with Crippen molar-refractivity contribution in [2.45, 2.75) is 5.16 Å². The van der Waals surface area contributed by atoms with Gasteiger partial charge in [-0.3, -0.25) is 5.10 Å². The van der Waals surface area contributed by atoms with Gasteiger partial charge in [0.15, 0.2) is 5.82 Å². The summed E-state index contributed by atoms with van der Waals surface area (Å²) in [5.74, 6) is -0.164. The number of thioether (sulfide) groups is 1. The third-order valence-corrected chi connectivity index (χ3v) is 4.50. The van der Waals surface area contributed by atoms with Crippen molar-refractivity contribution < 1.29 is 14.6 Å². The Balaban J connectivity index is 1.83. The first-order chi connectivity index (χ1) is 12.5. The molecular formula is C18H13ClN3O3S-. The van der Waals surface area contributed by atoms with Gasteiger partial charge in [0.1, 0.15) is 5.75 Å². The van der Waals surface area contributed by atoms with Gasteiger partial charge in [-0.05, 0) is 59.8 Å². The van der Waals surface area contributed by atoms with Crippen LogP contribution in [0.1, 0.15) is 5.56 Å². The van der Waals surface area contributed by atoms with Crippen LogP contribution in [0.4, 0.5) is 0 Å². The Morgan fingerprint density at radius 3 is 2.73 bits per heavy atom. The highest BCUT2D eigenvalue weighted by atomic mass is 35.5. The van der Waals surface area contributed by atoms with Crippen LogP contribution in [0.5, 0.6) is 5.75 Å². The van der Waals surface area contributed by atoms with Gasteiger partial charge in [-0.15, -0.1) is 5.10 Å². The molecule has 3 rings (SSSR count). The summed E-state index contributed by atoms with van der Waals surface area (Å²) in [6.45, 7) is 0. The molecule has 0 saturated heterocycles. The molecule has 0 saturated carbocycles. The van der Waals surface area contributed by atoms with Gasteiger partial charge in [-0.2, -0.15) is 0 Å². The van der Waals surface area contributed by atoms with Gasteiger partial charge in [-0.1, -0.05) is 23.7 Å². The van der Waals surface area contributed by atoms with E-state index in [9.17, 15) is 9.90 Å². The molecule has 0 aliphatic carbocycles. The van der Waals surface area contributed by atoms with Crippen LogP contribution in [0.25, 0.3) is 17.5 Å². The van der Waals surface area contributed by atoms with Crippen LogP contribution in [0.15, 0.2) is 58.6 Å². The van der Waals surface area contributed by atoms with Crippen LogP contribution in [0, 0.1) is 0 Å². The number of ether oxygens (including phenoxy) is 1. The Morgan fingerprint density at radius 2 is 2.04 bits per heavy atom. The first-order valence-corrected chi connectivity index (χ1v) is 8.68. The summed E-state index contributed by atoms with van der Waals surface area (Å²) in [5.41, 5.74) is 1.46. The Kier molecular flexibility index (Phi) is 5.60. The number of halogens is 1. The molecule has 6 nitrogen and oxygen atoms in total. The second-order valence-corrected chi connectivity index (χ2v) is 6.59. The number of benzene rings is 2. The lowest BCUT2D eigenvalue weighted by atomic mass is 10.2. The molecule has 0 atom stereocenters. The number of hydrogen-bond donors (Lipinski definition) is 1. The van der Waals surface area contributed by atoms with E-state index < -0.39 is 5.97 Å². The lowest BCUT2D eigenvalue weighted by Crippen LogP contribution is -2.23. The van der Waals surface area contributed by atoms with Gasteiger partial charge in [0.25, 0.3) is 0 Å². The Hall–Kier alpha value is -2.77. The predicted octanol–water partition coefficient (Wildman–Crippen LogP) is 3.02. The minimum absolute atomic E-state index is 0.0140. The number of H-pyrrole nitrogens is 1. The van der Waals surface area contributed by atoms with Gasteiger partial charge in [-0.25, -0.2) is 4.98 Å². The number of carboxylic acid groups (broad SMARTS) is 1. The van der Waals surface area contributed by atoms with Crippen molar-refractivity contribution in [3.8, 4) is 17.1 Å². The van der Waals surface area contributed by atoms with E-state index >= 15 is 0 Å². The fourth-order valence-corrected chi connectivity index (χ4v) is 2.97. The Labute approximate surface area is 158 Å². The number of nitrogens with zero attached hydrogens (tertiary/aromatic N) is 2. The highest BCUT2D eigenvalue weighted by Crippen LogP contribution is 2.28. The van der Waals surface area contributed by atoms with E-state index in [1.165, 1.54) is 6.08 Å². The molecule has 8 heteroatoms. The molecule has 26 heavy (non-hydrogen) atoms. The molecule has 2 aromatic carbocycles. The van der Waals surface area contributed by atoms with Crippen LogP contribution in [0.2, 0.25) is 5.02 Å². The summed E-state index contributed by atoms with van der Waals surface area (Å²) >= 11 is 6.77. The molecule has 0 aliphatic rings. The van der Waals surface area contributed by atoms with Crippen LogP contribution >= 0.6 is 23.4 Å². The zero-order chi connectivity index (χ0) is 18.5. The largest absolute Gasteiger partial charge is 0.544 e. The lowest BCUT2D eigenvalue weighted by molar-refractivity contribution is -0.297. The summed E-state index contributed by atoms with van der Waals surface area (Å²) in [6.07, 6.45) is 1.49. The van der Waals surface area contributed by atoms with Crippen molar-refractivity contribution in [2.75, 3.05) is 7.11 Å². The first kappa shape index (κ1) is 18.0. The molecule has 132 valence electrons. The average Bonchev–Trinajstić information content (AvgIpc) is 3.10. The molecule has 1 heterocycles. The second-order valence-electron chi connectivity index (χ2n) is 5.15. The van der Waals surface area contributed by atoms with E-state index in [4.69, 9.17) is 16.3 Å². The van der Waals surface area contributed by atoms with Crippen molar-refractivity contribution in [3.63, 3.8) is 0 Å². The smallest absolute Gasteiger partial charge is 0.213 e. The Morgan fingerprint density at radius 1 is 1.27 bits per heavy atom. The molecule has 0 radical (unpaired) electrons. The van der Waals surface area contributed by atoms with E-state index in [1.54, 1.807) is 55.6 Å². The number of methoxy groups -OCH3 is 1. The molecule has 1 aromatic heterocycles. The summed E-state index contributed by atoms with van der Waals surface area (Å²) in [7, 11) is 1.54. The highest BCUT2D eigenvalue weighted by molar-refractivity contribution is 8.04. The van der Waals surface area contributed by atoms with Crippen molar-refractivity contribution in [3.05, 3.63) is 64.0 Å². The van der Waals surface area contributed by atoms with Crippen molar-refractivity contribution in [2.24, 2.45) is 0 Å². The van der Waals surface area contributed by atoms with Gasteiger partial charge in [0, 0.05) is 15.5 Å². The molecule has 0 unspecified atom stereocenters. The summed E-state index contributed by atoms with van der Waals surface area (Å²) < 4.78 is 5.14. The molecular weight excluding hydrogens is 374 g/mol. The normalized spacial score (nSPS) is 11.4. The second kappa shape index (κ2) is 8.07. The minimum atomic E-state index is -1.31. The van der Waals surface area contributed by atoms with Crippen molar-refractivity contribution in [1.29, 1.82) is 0 Å². The predicted molar refractivity (Wildman–Crippen MR) is 98.7 cm³/mol. The number of rotatable bonds is 6. The van der Waals surface area contributed by atoms with Gasteiger partial charge in [0.05, 0.1) is 13.1 Å². The van der Waals surface area contributed by atoms with E-state index in [0.717, 1.165) is 17.3 Å². The maximum absolute atomic E-state index is 11.5. The summed E-state index contributed by atoms with van der Waals surface area (Å²) in [6, 6.07) is 14.1. The number of aromatic amines is 1. The maximum atomic E-state index is 11.5. The number of aliphatic carboxylic acids is 1. The molecule has 0 bridgehead atoms. The molecule has 3 aromatic rings. The van der Waals surface area contributed by atoms with E-state index in [0.29, 0.717) is 22.2 Å². The van der Waals surface area contributed by atoms with E-state index in [2.05, 4.69) is 15.2 Å². The number of carbonyl (C=O) groups excluding carboxylic acids is 1. The van der Waals surface area contributed by atoms with Crippen LogP contribution in [-0.2, 0) is 4.79 Å². The zero-order valence-corrected chi connectivity index (χ0v) is 15.2. The van der Waals surface area contributed by atoms with E-state index in [-0.39, 0.29) is 10.1 Å². The lowest BCUT2D eigenvalue weighted by Gasteiger charge is -2.06. The standard InChI is InChI=1S/C18H14ClN3O3S/c1-25-14-4-2-3-11(9-14)10-15(17(23)24)26-18-20-16(21-22-18)12-5-7-13(19)8-6-12/h2-10H,1H3,(H,23,24)(H,20,21,22)/p-1/b15-10-. The quantitative estimate of drug-likeness (QED) is 0.517. The Bertz CT molecular complexity index is 954. The average molecular weight is 387 g/mol. The van der Waals surface area contributed by atoms with E-state index in [1.807, 2.05) is 0 Å². The molecule has 0 amide bonds. The third kappa shape index (κ3) is 4.44. The SMILES string of the molecule is COc1cccc(/C=C(\Sc2n[nH]c(-c3ccc(Cl)cc3)n2)C(=O)[O-])c1. The monoisotopic (exact) mass is 386 g/mol. The van der Waals surface area contributed by atoms with Gasteiger partial charge >= 0.3 is 0 Å². The molecule has 0 fully saturated rings. The van der Waals surface area contributed by atoms with Crippen LogP contribution < -0.4 is 9.84 Å². The number of aromatic nitrogens is 3. The topological polar surface area (TPSA) is 90.9 Å². The number of carbonyl (C=O) groups is 1. The highest BCUT2D eigenvalue weighted by Gasteiger charge is 2.10. The zero-order valence-electron chi connectivity index (χ0n) is 13.6. The third-order valence-electron chi connectivity index (χ3n) is 3.38. The minimum Gasteiger partial charge on any atom is -0.544 e. The van der Waals surface area contributed by atoms with Crippen molar-refractivity contribution >= 4 is 35.4 Å². The number of carboxylic acids is 1. The number of hydrogen-bond acceptors (Lipinski definition) is 6. The summed E-state index contributed by atoms with van der Waals surface area (Å²) in [5, 5.41) is 19.2. The number of nitrogens with one attached hydrogen (secondary N) is 1. The van der Waals surface area contributed by atoms with Crippen LogP contribution in [-0.4, -0.2) is 28.3 Å². The molecule has 0 aliphatic heterocycles. The molecule has 1 N–H and O–H groups in total. The fourth-order valence-electron chi connectivity index (χ4n) is 2.14. The molecule has 0 spiro atoms. The van der Waals surface area contributed by atoms with Gasteiger partial charge in [0.2, 0.25) is 5.16 Å².